The Bertz CT molecular complexity index is 695. The monoisotopic (exact) mass is 499 g/mol. The van der Waals surface area contributed by atoms with Crippen LogP contribution in [0.25, 0.3) is 0 Å². The van der Waals surface area contributed by atoms with Gasteiger partial charge in [0.05, 0.1) is 6.54 Å². The molecule has 1 fully saturated rings. The summed E-state index contributed by atoms with van der Waals surface area (Å²) < 4.78 is 0. The molecule has 0 radical (unpaired) electrons. The van der Waals surface area contributed by atoms with Gasteiger partial charge < -0.3 is 10.6 Å². The molecule has 2 heterocycles. The topological polar surface area (TPSA) is 52.6 Å². The zero-order chi connectivity index (χ0) is 18.2. The lowest BCUT2D eigenvalue weighted by Gasteiger charge is -2.33. The van der Waals surface area contributed by atoms with Crippen LogP contribution in [0.5, 0.6) is 0 Å². The number of nitrogens with one attached hydrogen (secondary N) is 2. The number of hydrogen-bond acceptors (Lipinski definition) is 4. The van der Waals surface area contributed by atoms with Crippen molar-refractivity contribution in [1.82, 2.24) is 20.5 Å². The molecule has 3 rings (SSSR count). The van der Waals surface area contributed by atoms with Crippen LogP contribution in [-0.2, 0) is 13.1 Å². The van der Waals surface area contributed by atoms with Crippen LogP contribution < -0.4 is 10.6 Å². The fourth-order valence-electron chi connectivity index (χ4n) is 3.21. The van der Waals surface area contributed by atoms with E-state index in [1.807, 2.05) is 6.20 Å². The fraction of sp³-hybridized carbons (Fsp3) is 0.500. The maximum absolute atomic E-state index is 4.71. The zero-order valence-corrected chi connectivity index (χ0v) is 19.3. The number of guanidine groups is 1. The van der Waals surface area contributed by atoms with Crippen molar-refractivity contribution in [2.45, 2.75) is 45.8 Å². The summed E-state index contributed by atoms with van der Waals surface area (Å²) in [5.74, 6) is 0.905. The van der Waals surface area contributed by atoms with Gasteiger partial charge in [0.1, 0.15) is 5.01 Å². The lowest BCUT2D eigenvalue weighted by atomic mass is 10.0. The fourth-order valence-corrected chi connectivity index (χ4v) is 3.92. The summed E-state index contributed by atoms with van der Waals surface area (Å²) in [4.78, 5) is 12.9. The van der Waals surface area contributed by atoms with Gasteiger partial charge in [-0.05, 0) is 32.3 Å². The largest absolute Gasteiger partial charge is 0.357 e. The molecule has 2 aromatic rings. The molecule has 1 aliphatic heterocycles. The molecule has 1 saturated heterocycles. The van der Waals surface area contributed by atoms with Gasteiger partial charge in [-0.2, -0.15) is 0 Å². The second-order valence-corrected chi connectivity index (χ2v) is 8.06. The van der Waals surface area contributed by atoms with Crippen molar-refractivity contribution < 1.29 is 0 Å². The summed E-state index contributed by atoms with van der Waals surface area (Å²) in [7, 11) is 0. The molecule has 0 saturated carbocycles. The molecule has 27 heavy (non-hydrogen) atoms. The summed E-state index contributed by atoms with van der Waals surface area (Å²) in [6, 6.07) is 11.2. The summed E-state index contributed by atoms with van der Waals surface area (Å²) in [6.07, 6.45) is 4.21. The number of halogens is 1. The normalized spacial score (nSPS) is 16.0. The number of thiazole rings is 1. The van der Waals surface area contributed by atoms with E-state index in [-0.39, 0.29) is 24.0 Å². The molecule has 0 bridgehead atoms. The van der Waals surface area contributed by atoms with Crippen LogP contribution in [0.1, 0.15) is 35.2 Å². The van der Waals surface area contributed by atoms with E-state index in [0.29, 0.717) is 12.6 Å². The van der Waals surface area contributed by atoms with Crippen LogP contribution >= 0.6 is 35.3 Å². The van der Waals surface area contributed by atoms with Crippen molar-refractivity contribution in [3.05, 3.63) is 52.0 Å². The minimum atomic E-state index is 0. The second-order valence-electron chi connectivity index (χ2n) is 6.74. The molecule has 1 aliphatic rings. The molecule has 0 amide bonds. The number of piperidine rings is 1. The van der Waals surface area contributed by atoms with E-state index in [0.717, 1.165) is 50.0 Å². The predicted molar refractivity (Wildman–Crippen MR) is 125 cm³/mol. The molecule has 0 aliphatic carbocycles. The molecule has 5 nitrogen and oxygen atoms in total. The highest BCUT2D eigenvalue weighted by molar-refractivity contribution is 14.0. The summed E-state index contributed by atoms with van der Waals surface area (Å²) in [5, 5.41) is 8.03. The number of nitrogens with zero attached hydrogens (tertiary/aromatic N) is 3. The van der Waals surface area contributed by atoms with Gasteiger partial charge in [0.15, 0.2) is 5.96 Å². The van der Waals surface area contributed by atoms with Gasteiger partial charge in [-0.1, -0.05) is 30.3 Å². The summed E-state index contributed by atoms with van der Waals surface area (Å²) in [6.45, 7) is 8.99. The highest BCUT2D eigenvalue weighted by Crippen LogP contribution is 2.14. The number of hydrogen-bond donors (Lipinski definition) is 2. The summed E-state index contributed by atoms with van der Waals surface area (Å²) >= 11 is 1.71. The van der Waals surface area contributed by atoms with Gasteiger partial charge in [0.25, 0.3) is 0 Å². The average molecular weight is 499 g/mol. The molecule has 0 spiro atoms. The van der Waals surface area contributed by atoms with Gasteiger partial charge in [-0.15, -0.1) is 35.3 Å². The molecule has 2 N–H and O–H groups in total. The molecule has 148 valence electrons. The maximum Gasteiger partial charge on any atom is 0.191 e. The third-order valence-electron chi connectivity index (χ3n) is 4.56. The van der Waals surface area contributed by atoms with Crippen molar-refractivity contribution in [2.24, 2.45) is 4.99 Å². The van der Waals surface area contributed by atoms with Crippen molar-refractivity contribution in [3.8, 4) is 0 Å². The van der Waals surface area contributed by atoms with E-state index in [1.165, 1.54) is 10.4 Å². The Morgan fingerprint density at radius 1 is 1.26 bits per heavy atom. The molecule has 7 heteroatoms. The molecule has 0 unspecified atom stereocenters. The van der Waals surface area contributed by atoms with Gasteiger partial charge in [0.2, 0.25) is 0 Å². The molecule has 1 aromatic carbocycles. The Morgan fingerprint density at radius 3 is 2.63 bits per heavy atom. The van der Waals surface area contributed by atoms with E-state index in [1.54, 1.807) is 11.3 Å². The third-order valence-corrected chi connectivity index (χ3v) is 5.46. The average Bonchev–Trinajstić information content (AvgIpc) is 3.08. The lowest BCUT2D eigenvalue weighted by Crippen LogP contribution is -2.48. The Balaban J connectivity index is 0.00000261. The van der Waals surface area contributed by atoms with E-state index in [9.17, 15) is 0 Å². The number of aliphatic imine (C=N–C) groups is 1. The number of aryl methyl sites for hydroxylation is 1. The van der Waals surface area contributed by atoms with E-state index in [2.05, 4.69) is 64.7 Å². The minimum Gasteiger partial charge on any atom is -0.357 e. The molecular weight excluding hydrogens is 469 g/mol. The number of benzene rings is 1. The Kier molecular flexibility index (Phi) is 9.50. The van der Waals surface area contributed by atoms with E-state index >= 15 is 0 Å². The predicted octanol–water partition coefficient (Wildman–Crippen LogP) is 3.79. The minimum absolute atomic E-state index is 0. The smallest absolute Gasteiger partial charge is 0.191 e. The summed E-state index contributed by atoms with van der Waals surface area (Å²) in [5.41, 5.74) is 1.40. The van der Waals surface area contributed by atoms with Crippen molar-refractivity contribution in [2.75, 3.05) is 19.6 Å². The van der Waals surface area contributed by atoms with Crippen molar-refractivity contribution >= 4 is 41.3 Å². The van der Waals surface area contributed by atoms with Crippen molar-refractivity contribution in [3.63, 3.8) is 0 Å². The van der Waals surface area contributed by atoms with E-state index < -0.39 is 0 Å². The van der Waals surface area contributed by atoms with Gasteiger partial charge in [-0.3, -0.25) is 4.90 Å². The third kappa shape index (κ3) is 7.38. The van der Waals surface area contributed by atoms with Crippen LogP contribution in [0.4, 0.5) is 0 Å². The first-order valence-corrected chi connectivity index (χ1v) is 10.3. The number of rotatable bonds is 6. The SMILES string of the molecule is CCNC(=NCc1ncc(C)s1)NC1CCN(Cc2ccccc2)CC1.I. The Labute approximate surface area is 183 Å². The lowest BCUT2D eigenvalue weighted by molar-refractivity contribution is 0.198. The maximum atomic E-state index is 4.71. The van der Waals surface area contributed by atoms with Crippen LogP contribution in [0.15, 0.2) is 41.5 Å². The first-order chi connectivity index (χ1) is 12.7. The highest BCUT2D eigenvalue weighted by atomic mass is 127. The van der Waals surface area contributed by atoms with Gasteiger partial charge in [0, 0.05) is 43.3 Å². The first kappa shape index (κ1) is 22.1. The number of likely N-dealkylation sites (tertiary alicyclic amines) is 1. The van der Waals surface area contributed by atoms with Gasteiger partial charge >= 0.3 is 0 Å². The van der Waals surface area contributed by atoms with Crippen LogP contribution in [0.2, 0.25) is 0 Å². The van der Waals surface area contributed by atoms with Crippen LogP contribution in [0.3, 0.4) is 0 Å². The van der Waals surface area contributed by atoms with Crippen molar-refractivity contribution in [1.29, 1.82) is 0 Å². The molecule has 0 atom stereocenters. The Morgan fingerprint density at radius 2 is 2.00 bits per heavy atom. The second kappa shape index (κ2) is 11.6. The number of aromatic nitrogens is 1. The molecule has 1 aromatic heterocycles. The van der Waals surface area contributed by atoms with Gasteiger partial charge in [-0.25, -0.2) is 9.98 Å². The highest BCUT2D eigenvalue weighted by Gasteiger charge is 2.20. The standard InChI is InChI=1S/C20H29N5S.HI/c1-3-21-20(23-14-19-22-13-16(2)26-19)24-18-9-11-25(12-10-18)15-17-7-5-4-6-8-17;/h4-8,13,18H,3,9-12,14-15H2,1-2H3,(H2,21,23,24);1H. The first-order valence-electron chi connectivity index (χ1n) is 9.45. The molecular formula is C20H30IN5S. The zero-order valence-electron chi connectivity index (χ0n) is 16.1. The quantitative estimate of drug-likeness (QED) is 0.361. The Hall–Kier alpha value is -1.19. The van der Waals surface area contributed by atoms with Crippen LogP contribution in [0, 0.1) is 6.92 Å². The van der Waals surface area contributed by atoms with E-state index in [4.69, 9.17) is 4.99 Å². The van der Waals surface area contributed by atoms with Crippen LogP contribution in [-0.4, -0.2) is 41.5 Å².